The predicted octanol–water partition coefficient (Wildman–Crippen LogP) is 4.30. The lowest BCUT2D eigenvalue weighted by atomic mass is 10.00. The average Bonchev–Trinajstić information content (AvgIpc) is 2.83. The molecule has 0 aliphatic carbocycles. The van der Waals surface area contributed by atoms with Crippen molar-refractivity contribution in [2.45, 2.75) is 50.9 Å². The highest BCUT2D eigenvalue weighted by Gasteiger charge is 2.42. The third-order valence-electron chi connectivity index (χ3n) is 4.98. The molecule has 1 aliphatic heterocycles. The van der Waals surface area contributed by atoms with E-state index in [9.17, 15) is 9.50 Å². The van der Waals surface area contributed by atoms with Crippen LogP contribution in [-0.4, -0.2) is 21.6 Å². The fourth-order valence-electron chi connectivity index (χ4n) is 3.60. The first-order valence-electron chi connectivity index (χ1n) is 8.21. The van der Waals surface area contributed by atoms with Crippen molar-refractivity contribution in [2.24, 2.45) is 0 Å². The third-order valence-corrected chi connectivity index (χ3v) is 4.98. The van der Waals surface area contributed by atoms with Crippen molar-refractivity contribution in [1.29, 1.82) is 0 Å². The maximum atomic E-state index is 13.5. The van der Waals surface area contributed by atoms with Crippen molar-refractivity contribution in [2.75, 3.05) is 0 Å². The predicted molar refractivity (Wildman–Crippen MR) is 90.4 cm³/mol. The Balaban J connectivity index is 1.85. The van der Waals surface area contributed by atoms with Gasteiger partial charge in [0.2, 0.25) is 0 Å². The van der Waals surface area contributed by atoms with Gasteiger partial charge in [0.05, 0.1) is 6.10 Å². The monoisotopic (exact) mass is 313 g/mol. The Labute approximate surface area is 137 Å². The minimum atomic E-state index is -0.670. The number of aliphatic hydroxyl groups excluding tert-OH is 1. The van der Waals surface area contributed by atoms with Gasteiger partial charge in [0.25, 0.3) is 0 Å². The summed E-state index contributed by atoms with van der Waals surface area (Å²) in [4.78, 5) is 2.36. The molecule has 3 heteroatoms. The van der Waals surface area contributed by atoms with E-state index in [1.807, 2.05) is 18.2 Å². The first-order chi connectivity index (χ1) is 11.0. The van der Waals surface area contributed by atoms with Gasteiger partial charge in [-0.1, -0.05) is 42.5 Å². The highest BCUT2D eigenvalue weighted by molar-refractivity contribution is 5.22. The van der Waals surface area contributed by atoms with Crippen LogP contribution in [0.3, 0.4) is 0 Å². The molecular weight excluding hydrogens is 289 g/mol. The highest BCUT2D eigenvalue weighted by Crippen LogP contribution is 2.40. The second-order valence-corrected chi connectivity index (χ2v) is 7.03. The second kappa shape index (κ2) is 6.42. The molecule has 3 rings (SSSR count). The zero-order valence-electron chi connectivity index (χ0n) is 13.7. The van der Waals surface area contributed by atoms with Gasteiger partial charge in [0.1, 0.15) is 5.82 Å². The number of benzene rings is 2. The fraction of sp³-hybridized carbons (Fsp3) is 0.400. The van der Waals surface area contributed by atoms with Gasteiger partial charge in [-0.05, 0) is 49.9 Å². The molecule has 2 aromatic rings. The molecule has 2 atom stereocenters. The minimum Gasteiger partial charge on any atom is -0.387 e. The van der Waals surface area contributed by atoms with Crippen molar-refractivity contribution < 1.29 is 9.50 Å². The summed E-state index contributed by atoms with van der Waals surface area (Å²) >= 11 is 0. The molecule has 2 aromatic carbocycles. The Morgan fingerprint density at radius 1 is 1.17 bits per heavy atom. The standard InChI is InChI=1S/C20H24FNO/c1-20(2)12-11-18(19(23)16-9-6-10-17(21)13-16)22(20)14-15-7-4-3-5-8-15/h3-10,13,18-19,23H,11-12,14H2,1-2H3/t18-,19?/m1/s1. The summed E-state index contributed by atoms with van der Waals surface area (Å²) < 4.78 is 13.5. The van der Waals surface area contributed by atoms with E-state index in [4.69, 9.17) is 0 Å². The number of hydrogen-bond acceptors (Lipinski definition) is 2. The molecule has 1 unspecified atom stereocenters. The van der Waals surface area contributed by atoms with Gasteiger partial charge in [-0.2, -0.15) is 0 Å². The zero-order valence-corrected chi connectivity index (χ0v) is 13.7. The SMILES string of the molecule is CC1(C)CC[C@H](C(O)c2cccc(F)c2)N1Cc1ccccc1. The molecule has 0 radical (unpaired) electrons. The van der Waals surface area contributed by atoms with Crippen LogP contribution >= 0.6 is 0 Å². The van der Waals surface area contributed by atoms with Crippen LogP contribution in [0.1, 0.15) is 43.9 Å². The maximum Gasteiger partial charge on any atom is 0.123 e. The quantitative estimate of drug-likeness (QED) is 0.909. The molecule has 0 aromatic heterocycles. The van der Waals surface area contributed by atoms with Gasteiger partial charge >= 0.3 is 0 Å². The molecule has 1 heterocycles. The van der Waals surface area contributed by atoms with Crippen LogP contribution in [0.4, 0.5) is 4.39 Å². The Morgan fingerprint density at radius 3 is 2.61 bits per heavy atom. The molecular formula is C20H24FNO. The molecule has 23 heavy (non-hydrogen) atoms. The Bertz CT molecular complexity index is 656. The highest BCUT2D eigenvalue weighted by atomic mass is 19.1. The van der Waals surface area contributed by atoms with Crippen LogP contribution in [0.2, 0.25) is 0 Å². The van der Waals surface area contributed by atoms with E-state index in [2.05, 4.69) is 30.9 Å². The topological polar surface area (TPSA) is 23.5 Å². The number of halogens is 1. The van der Waals surface area contributed by atoms with E-state index in [0.29, 0.717) is 5.56 Å². The number of hydrogen-bond donors (Lipinski definition) is 1. The number of likely N-dealkylation sites (tertiary alicyclic amines) is 1. The maximum absolute atomic E-state index is 13.5. The lowest BCUT2D eigenvalue weighted by Gasteiger charge is -2.38. The fourth-order valence-corrected chi connectivity index (χ4v) is 3.60. The first kappa shape index (κ1) is 16.2. The van der Waals surface area contributed by atoms with Gasteiger partial charge in [0.15, 0.2) is 0 Å². The van der Waals surface area contributed by atoms with Crippen molar-refractivity contribution in [3.8, 4) is 0 Å². The van der Waals surface area contributed by atoms with Crippen molar-refractivity contribution in [1.82, 2.24) is 4.90 Å². The number of nitrogens with zero attached hydrogens (tertiary/aromatic N) is 1. The van der Waals surface area contributed by atoms with Crippen molar-refractivity contribution >= 4 is 0 Å². The van der Waals surface area contributed by atoms with E-state index >= 15 is 0 Å². The van der Waals surface area contributed by atoms with Gasteiger partial charge < -0.3 is 5.11 Å². The third kappa shape index (κ3) is 3.46. The minimum absolute atomic E-state index is 0.00649. The summed E-state index contributed by atoms with van der Waals surface area (Å²) in [5, 5.41) is 10.8. The Morgan fingerprint density at radius 2 is 1.91 bits per heavy atom. The molecule has 2 nitrogen and oxygen atoms in total. The van der Waals surface area contributed by atoms with E-state index in [0.717, 1.165) is 19.4 Å². The lowest BCUT2D eigenvalue weighted by Crippen LogP contribution is -2.44. The summed E-state index contributed by atoms with van der Waals surface area (Å²) in [5.41, 5.74) is 1.92. The van der Waals surface area contributed by atoms with E-state index in [-0.39, 0.29) is 17.4 Å². The van der Waals surface area contributed by atoms with Crippen LogP contribution in [0.5, 0.6) is 0 Å². The molecule has 0 spiro atoms. The van der Waals surface area contributed by atoms with Gasteiger partial charge in [-0.15, -0.1) is 0 Å². The summed E-state index contributed by atoms with van der Waals surface area (Å²) in [5.74, 6) is -0.298. The Kier molecular flexibility index (Phi) is 4.51. The summed E-state index contributed by atoms with van der Waals surface area (Å²) in [6, 6.07) is 16.6. The van der Waals surface area contributed by atoms with E-state index in [1.54, 1.807) is 12.1 Å². The van der Waals surface area contributed by atoms with Crippen LogP contribution in [0.15, 0.2) is 54.6 Å². The summed E-state index contributed by atoms with van der Waals surface area (Å²) in [6.07, 6.45) is 1.27. The average molecular weight is 313 g/mol. The normalized spacial score (nSPS) is 22.2. The van der Waals surface area contributed by atoms with Gasteiger partial charge in [-0.3, -0.25) is 4.90 Å². The number of aliphatic hydroxyl groups is 1. The van der Waals surface area contributed by atoms with Crippen molar-refractivity contribution in [3.05, 3.63) is 71.5 Å². The van der Waals surface area contributed by atoms with E-state index in [1.165, 1.54) is 17.7 Å². The smallest absolute Gasteiger partial charge is 0.123 e. The first-order valence-corrected chi connectivity index (χ1v) is 8.21. The molecule has 0 bridgehead atoms. The largest absolute Gasteiger partial charge is 0.387 e. The van der Waals surface area contributed by atoms with Crippen LogP contribution < -0.4 is 0 Å². The molecule has 0 amide bonds. The molecule has 1 fully saturated rings. The molecule has 122 valence electrons. The van der Waals surface area contributed by atoms with Crippen LogP contribution in [-0.2, 0) is 6.54 Å². The zero-order chi connectivity index (χ0) is 16.4. The Hall–Kier alpha value is -1.71. The summed E-state index contributed by atoms with van der Waals surface area (Å²) in [6.45, 7) is 5.23. The van der Waals surface area contributed by atoms with Gasteiger partial charge in [-0.25, -0.2) is 4.39 Å². The van der Waals surface area contributed by atoms with Crippen LogP contribution in [0.25, 0.3) is 0 Å². The lowest BCUT2D eigenvalue weighted by molar-refractivity contribution is 0.0275. The molecule has 1 N–H and O–H groups in total. The summed E-state index contributed by atoms with van der Waals surface area (Å²) in [7, 11) is 0. The molecule has 1 saturated heterocycles. The molecule has 0 saturated carbocycles. The van der Waals surface area contributed by atoms with Crippen LogP contribution in [0, 0.1) is 5.82 Å². The van der Waals surface area contributed by atoms with Crippen molar-refractivity contribution in [3.63, 3.8) is 0 Å². The van der Waals surface area contributed by atoms with Gasteiger partial charge in [0, 0.05) is 18.1 Å². The molecule has 1 aliphatic rings. The van der Waals surface area contributed by atoms with E-state index < -0.39 is 6.10 Å². The number of rotatable bonds is 4. The second-order valence-electron chi connectivity index (χ2n) is 7.03.